The second-order valence-corrected chi connectivity index (χ2v) is 4.48. The van der Waals surface area contributed by atoms with E-state index in [0.717, 1.165) is 5.69 Å². The molecule has 1 aromatic rings. The quantitative estimate of drug-likeness (QED) is 0.661. The largest absolute Gasteiger partial charge is 0.468 e. The molecule has 1 N–H and O–H groups in total. The van der Waals surface area contributed by atoms with Crippen LogP contribution in [0.2, 0.25) is 0 Å². The van der Waals surface area contributed by atoms with Crippen molar-refractivity contribution in [1.29, 1.82) is 0 Å². The van der Waals surface area contributed by atoms with E-state index >= 15 is 0 Å². The van der Waals surface area contributed by atoms with Crippen molar-refractivity contribution >= 4 is 21.9 Å². The zero-order valence-electron chi connectivity index (χ0n) is 9.31. The molecule has 0 bridgehead atoms. The number of hydrogen-bond donors (Lipinski definition) is 1. The molecular weight excluding hydrogens is 272 g/mol. The van der Waals surface area contributed by atoms with Gasteiger partial charge in [0.1, 0.15) is 4.83 Å². The van der Waals surface area contributed by atoms with Crippen molar-refractivity contribution in [2.45, 2.75) is 17.8 Å². The molecule has 88 valence electrons. The summed E-state index contributed by atoms with van der Waals surface area (Å²) in [5.41, 5.74) is 0.951. The van der Waals surface area contributed by atoms with Gasteiger partial charge in [-0.05, 0) is 19.1 Å². The highest BCUT2D eigenvalue weighted by atomic mass is 79.9. The monoisotopic (exact) mass is 286 g/mol. The van der Waals surface area contributed by atoms with E-state index in [0.29, 0.717) is 6.54 Å². The van der Waals surface area contributed by atoms with E-state index in [-0.39, 0.29) is 16.8 Å². The van der Waals surface area contributed by atoms with E-state index in [1.54, 1.807) is 6.20 Å². The summed E-state index contributed by atoms with van der Waals surface area (Å²) in [6.07, 6.45) is 1.75. The van der Waals surface area contributed by atoms with E-state index in [4.69, 9.17) is 0 Å². The smallest absolute Gasteiger partial charge is 0.320 e. The maximum atomic E-state index is 11.1. The third kappa shape index (κ3) is 3.90. The lowest BCUT2D eigenvalue weighted by atomic mass is 10.2. The summed E-state index contributed by atoms with van der Waals surface area (Å²) in [5, 5.41) is 3.20. The summed E-state index contributed by atoms with van der Waals surface area (Å²) < 4.78 is 4.61. The lowest BCUT2D eigenvalue weighted by Crippen LogP contribution is -2.31. The number of carbonyl (C=O) groups excluding carboxylic acids is 1. The van der Waals surface area contributed by atoms with Gasteiger partial charge in [0.25, 0.3) is 0 Å². The molecule has 1 heterocycles. The number of nitrogens with zero attached hydrogens (tertiary/aromatic N) is 1. The van der Waals surface area contributed by atoms with Gasteiger partial charge in [0.05, 0.1) is 12.8 Å². The van der Waals surface area contributed by atoms with Gasteiger partial charge in [0, 0.05) is 18.8 Å². The highest BCUT2D eigenvalue weighted by molar-refractivity contribution is 9.10. The SMILES string of the molecule is COC(=O)C(Br)CN[C@H](C)c1ccccn1. The molecule has 0 fully saturated rings. The fourth-order valence-electron chi connectivity index (χ4n) is 1.23. The van der Waals surface area contributed by atoms with Crippen LogP contribution in [0, 0.1) is 0 Å². The molecule has 0 amide bonds. The van der Waals surface area contributed by atoms with Crippen LogP contribution in [0.15, 0.2) is 24.4 Å². The van der Waals surface area contributed by atoms with Crippen LogP contribution in [0.1, 0.15) is 18.7 Å². The normalized spacial score (nSPS) is 14.2. The van der Waals surface area contributed by atoms with Crippen LogP contribution in [0.25, 0.3) is 0 Å². The van der Waals surface area contributed by atoms with Crippen molar-refractivity contribution < 1.29 is 9.53 Å². The minimum Gasteiger partial charge on any atom is -0.468 e. The molecule has 1 unspecified atom stereocenters. The Balaban J connectivity index is 2.41. The molecule has 0 aliphatic heterocycles. The zero-order valence-corrected chi connectivity index (χ0v) is 10.9. The van der Waals surface area contributed by atoms with Gasteiger partial charge in [-0.15, -0.1) is 0 Å². The summed E-state index contributed by atoms with van der Waals surface area (Å²) in [4.78, 5) is 15.0. The average Bonchev–Trinajstić information content (AvgIpc) is 2.35. The van der Waals surface area contributed by atoms with E-state index in [9.17, 15) is 4.79 Å². The Morgan fingerprint density at radius 3 is 2.94 bits per heavy atom. The molecule has 0 spiro atoms. The Labute approximate surface area is 104 Å². The highest BCUT2D eigenvalue weighted by Crippen LogP contribution is 2.09. The number of ether oxygens (including phenoxy) is 1. The van der Waals surface area contributed by atoms with Gasteiger partial charge in [0.2, 0.25) is 0 Å². The van der Waals surface area contributed by atoms with Gasteiger partial charge in [-0.25, -0.2) is 0 Å². The van der Waals surface area contributed by atoms with Gasteiger partial charge < -0.3 is 10.1 Å². The number of pyridine rings is 1. The summed E-state index contributed by atoms with van der Waals surface area (Å²) in [5.74, 6) is -0.277. The van der Waals surface area contributed by atoms with Crippen molar-refractivity contribution in [3.8, 4) is 0 Å². The van der Waals surface area contributed by atoms with Crippen molar-refractivity contribution in [1.82, 2.24) is 10.3 Å². The van der Waals surface area contributed by atoms with Crippen molar-refractivity contribution in [3.05, 3.63) is 30.1 Å². The summed E-state index contributed by atoms with van der Waals surface area (Å²) in [6.45, 7) is 2.50. The second-order valence-electron chi connectivity index (χ2n) is 3.38. The Hall–Kier alpha value is -0.940. The predicted molar refractivity (Wildman–Crippen MR) is 65.4 cm³/mol. The molecule has 0 aliphatic carbocycles. The molecule has 1 rings (SSSR count). The van der Waals surface area contributed by atoms with Gasteiger partial charge in [-0.3, -0.25) is 9.78 Å². The molecule has 0 saturated carbocycles. The highest BCUT2D eigenvalue weighted by Gasteiger charge is 2.16. The minimum absolute atomic E-state index is 0.103. The Bertz CT molecular complexity index is 332. The molecular formula is C11H15BrN2O2. The first kappa shape index (κ1) is 13.1. The minimum atomic E-state index is -0.330. The van der Waals surface area contributed by atoms with E-state index in [1.165, 1.54) is 7.11 Å². The first-order chi connectivity index (χ1) is 7.65. The molecule has 0 aromatic carbocycles. The van der Waals surface area contributed by atoms with Gasteiger partial charge in [-0.2, -0.15) is 0 Å². The molecule has 0 aliphatic rings. The number of esters is 1. The number of aromatic nitrogens is 1. The summed E-state index contributed by atoms with van der Waals surface area (Å²) >= 11 is 3.25. The Morgan fingerprint density at radius 2 is 2.38 bits per heavy atom. The van der Waals surface area contributed by atoms with Crippen LogP contribution in [0.5, 0.6) is 0 Å². The third-order valence-electron chi connectivity index (χ3n) is 2.19. The number of hydrogen-bond acceptors (Lipinski definition) is 4. The van der Waals surface area contributed by atoms with Crippen LogP contribution in [0.4, 0.5) is 0 Å². The van der Waals surface area contributed by atoms with Gasteiger partial charge >= 0.3 is 5.97 Å². The first-order valence-electron chi connectivity index (χ1n) is 5.01. The van der Waals surface area contributed by atoms with Crippen LogP contribution >= 0.6 is 15.9 Å². The fourth-order valence-corrected chi connectivity index (χ4v) is 1.60. The fraction of sp³-hybridized carbons (Fsp3) is 0.455. The number of carbonyl (C=O) groups is 1. The Kier molecular flexibility index (Phi) is 5.42. The van der Waals surface area contributed by atoms with E-state index < -0.39 is 0 Å². The molecule has 5 heteroatoms. The maximum Gasteiger partial charge on any atom is 0.320 e. The van der Waals surface area contributed by atoms with Crippen molar-refractivity contribution in [2.24, 2.45) is 0 Å². The van der Waals surface area contributed by atoms with Gasteiger partial charge in [-0.1, -0.05) is 22.0 Å². The summed E-state index contributed by atoms with van der Waals surface area (Å²) in [7, 11) is 1.37. The third-order valence-corrected chi connectivity index (χ3v) is 2.89. The number of rotatable bonds is 5. The van der Waals surface area contributed by atoms with E-state index in [1.807, 2.05) is 25.1 Å². The molecule has 2 atom stereocenters. The van der Waals surface area contributed by atoms with Crippen molar-refractivity contribution in [2.75, 3.05) is 13.7 Å². The van der Waals surface area contributed by atoms with Gasteiger partial charge in [0.15, 0.2) is 0 Å². The van der Waals surface area contributed by atoms with Crippen LogP contribution in [-0.2, 0) is 9.53 Å². The molecule has 0 saturated heterocycles. The van der Waals surface area contributed by atoms with Crippen molar-refractivity contribution in [3.63, 3.8) is 0 Å². The first-order valence-corrected chi connectivity index (χ1v) is 5.93. The lowest BCUT2D eigenvalue weighted by Gasteiger charge is -2.15. The molecule has 1 aromatic heterocycles. The van der Waals surface area contributed by atoms with Crippen LogP contribution in [0.3, 0.4) is 0 Å². The molecule has 0 radical (unpaired) electrons. The topological polar surface area (TPSA) is 51.2 Å². The number of nitrogens with one attached hydrogen (secondary N) is 1. The molecule has 16 heavy (non-hydrogen) atoms. The number of methoxy groups -OCH3 is 1. The predicted octanol–water partition coefficient (Wildman–Crippen LogP) is 1.67. The van der Waals surface area contributed by atoms with Crippen LogP contribution < -0.4 is 5.32 Å². The lowest BCUT2D eigenvalue weighted by molar-refractivity contribution is -0.139. The second kappa shape index (κ2) is 6.60. The Morgan fingerprint density at radius 1 is 1.62 bits per heavy atom. The standard InChI is InChI=1S/C11H15BrN2O2/c1-8(10-5-3-4-6-13-10)14-7-9(12)11(15)16-2/h3-6,8-9,14H,7H2,1-2H3/t8-,9?/m1/s1. The van der Waals surface area contributed by atoms with Crippen LogP contribution in [-0.4, -0.2) is 29.4 Å². The summed E-state index contributed by atoms with van der Waals surface area (Å²) in [6, 6.07) is 5.86. The molecule has 4 nitrogen and oxygen atoms in total. The zero-order chi connectivity index (χ0) is 12.0. The number of alkyl halides is 1. The number of halogens is 1. The van der Waals surface area contributed by atoms with E-state index in [2.05, 4.69) is 31.0 Å². The maximum absolute atomic E-state index is 11.1. The average molecular weight is 287 g/mol.